The lowest BCUT2D eigenvalue weighted by Crippen LogP contribution is -2.13. The Balaban J connectivity index is 2.31. The smallest absolute Gasteiger partial charge is 0.347 e. The van der Waals surface area contributed by atoms with Crippen LogP contribution in [0.2, 0.25) is 0 Å². The Labute approximate surface area is 131 Å². The lowest BCUT2D eigenvalue weighted by molar-refractivity contribution is -0.131. The fraction of sp³-hybridized carbons (Fsp3) is 0.0625. The number of ether oxygens (including phenoxy) is 2. The van der Waals surface area contributed by atoms with E-state index in [0.29, 0.717) is 0 Å². The van der Waals surface area contributed by atoms with Crippen molar-refractivity contribution in [3.63, 3.8) is 0 Å². The highest BCUT2D eigenvalue weighted by atomic mass is 35.5. The molecule has 0 saturated heterocycles. The number of carbonyl (C=O) groups is 3. The van der Waals surface area contributed by atoms with Crippen molar-refractivity contribution in [2.75, 3.05) is 0 Å². The molecule has 0 atom stereocenters. The van der Waals surface area contributed by atoms with E-state index < -0.39 is 17.2 Å². The summed E-state index contributed by atoms with van der Waals surface area (Å²) >= 11 is 5.44. The first-order valence-corrected chi connectivity index (χ1v) is 6.65. The van der Waals surface area contributed by atoms with Gasteiger partial charge in [-0.3, -0.25) is 9.59 Å². The quantitative estimate of drug-likeness (QED) is 0.492. The SMILES string of the molecule is CC(=O)Oc1ccccc1C(=O)Oc1ccccc1C(=O)Cl. The Kier molecular flexibility index (Phi) is 4.91. The van der Waals surface area contributed by atoms with Crippen LogP contribution in [-0.2, 0) is 4.79 Å². The van der Waals surface area contributed by atoms with Crippen LogP contribution in [0.15, 0.2) is 48.5 Å². The molecular weight excluding hydrogens is 308 g/mol. The van der Waals surface area contributed by atoms with E-state index in [4.69, 9.17) is 21.1 Å². The third-order valence-corrected chi connectivity index (χ3v) is 2.87. The van der Waals surface area contributed by atoms with Crippen LogP contribution >= 0.6 is 11.6 Å². The molecule has 0 saturated carbocycles. The van der Waals surface area contributed by atoms with Gasteiger partial charge in [-0.1, -0.05) is 24.3 Å². The molecule has 0 aromatic heterocycles. The van der Waals surface area contributed by atoms with Gasteiger partial charge in [0.2, 0.25) is 0 Å². The Bertz CT molecular complexity index is 739. The Morgan fingerprint density at radius 1 is 0.818 bits per heavy atom. The van der Waals surface area contributed by atoms with Crippen LogP contribution in [0.3, 0.4) is 0 Å². The van der Waals surface area contributed by atoms with E-state index in [9.17, 15) is 14.4 Å². The second-order valence-corrected chi connectivity index (χ2v) is 4.59. The number of halogens is 1. The third-order valence-electron chi connectivity index (χ3n) is 2.66. The van der Waals surface area contributed by atoms with Gasteiger partial charge in [0.25, 0.3) is 5.24 Å². The maximum Gasteiger partial charge on any atom is 0.347 e. The number of carbonyl (C=O) groups excluding carboxylic acids is 3. The Morgan fingerprint density at radius 2 is 1.32 bits per heavy atom. The maximum atomic E-state index is 12.2. The minimum Gasteiger partial charge on any atom is -0.426 e. The number of rotatable bonds is 4. The standard InChI is InChI=1S/C16H11ClO5/c1-10(18)21-14-9-5-3-7-12(14)16(20)22-13-8-4-2-6-11(13)15(17)19/h2-9H,1H3. The largest absolute Gasteiger partial charge is 0.426 e. The van der Waals surface area contributed by atoms with Crippen molar-refractivity contribution in [2.24, 2.45) is 0 Å². The summed E-state index contributed by atoms with van der Waals surface area (Å²) in [5, 5.41) is -0.739. The molecule has 0 heterocycles. The van der Waals surface area contributed by atoms with E-state index in [2.05, 4.69) is 0 Å². The van der Waals surface area contributed by atoms with Crippen LogP contribution < -0.4 is 9.47 Å². The second kappa shape index (κ2) is 6.87. The summed E-state index contributed by atoms with van der Waals surface area (Å²) < 4.78 is 10.1. The molecule has 2 aromatic rings. The number of hydrogen-bond donors (Lipinski definition) is 0. The normalized spacial score (nSPS) is 9.91. The van der Waals surface area contributed by atoms with Crippen molar-refractivity contribution in [2.45, 2.75) is 6.92 Å². The van der Waals surface area contributed by atoms with Gasteiger partial charge < -0.3 is 9.47 Å². The molecule has 5 nitrogen and oxygen atoms in total. The maximum absolute atomic E-state index is 12.2. The van der Waals surface area contributed by atoms with Crippen molar-refractivity contribution >= 4 is 28.8 Å². The van der Waals surface area contributed by atoms with Gasteiger partial charge in [-0.25, -0.2) is 4.79 Å². The van der Waals surface area contributed by atoms with Gasteiger partial charge in [0.1, 0.15) is 17.1 Å². The Hall–Kier alpha value is -2.66. The molecule has 2 aromatic carbocycles. The van der Waals surface area contributed by atoms with Crippen molar-refractivity contribution < 1.29 is 23.9 Å². The first kappa shape index (κ1) is 15.7. The summed E-state index contributed by atoms with van der Waals surface area (Å²) in [7, 11) is 0. The molecule has 0 spiro atoms. The van der Waals surface area contributed by atoms with E-state index >= 15 is 0 Å². The first-order chi connectivity index (χ1) is 10.5. The van der Waals surface area contributed by atoms with Crippen molar-refractivity contribution in [3.05, 3.63) is 59.7 Å². The summed E-state index contributed by atoms with van der Waals surface area (Å²) in [5.74, 6) is -1.21. The highest BCUT2D eigenvalue weighted by Crippen LogP contribution is 2.24. The summed E-state index contributed by atoms with van der Waals surface area (Å²) in [6.45, 7) is 1.23. The molecule has 0 aliphatic heterocycles. The van der Waals surface area contributed by atoms with E-state index in [-0.39, 0.29) is 22.6 Å². The molecule has 22 heavy (non-hydrogen) atoms. The highest BCUT2D eigenvalue weighted by Gasteiger charge is 2.18. The molecular formula is C16H11ClO5. The average Bonchev–Trinajstić information content (AvgIpc) is 2.47. The minimum absolute atomic E-state index is 0.0325. The molecule has 0 aliphatic carbocycles. The number of benzene rings is 2. The number of esters is 2. The zero-order valence-electron chi connectivity index (χ0n) is 11.5. The van der Waals surface area contributed by atoms with Crippen molar-refractivity contribution in [1.82, 2.24) is 0 Å². The molecule has 0 amide bonds. The predicted octanol–water partition coefficient (Wildman–Crippen LogP) is 3.21. The van der Waals surface area contributed by atoms with Gasteiger partial charge in [0.15, 0.2) is 0 Å². The van der Waals surface area contributed by atoms with Crippen LogP contribution in [0.5, 0.6) is 11.5 Å². The molecule has 2 rings (SSSR count). The second-order valence-electron chi connectivity index (χ2n) is 4.25. The molecule has 0 unspecified atom stereocenters. The van der Waals surface area contributed by atoms with Gasteiger partial charge in [0.05, 0.1) is 5.56 Å². The molecule has 0 aliphatic rings. The average molecular weight is 319 g/mol. The lowest BCUT2D eigenvalue weighted by Gasteiger charge is -2.10. The van der Waals surface area contributed by atoms with Crippen molar-refractivity contribution in [3.8, 4) is 11.5 Å². The van der Waals surface area contributed by atoms with Gasteiger partial charge in [-0.15, -0.1) is 0 Å². The fourth-order valence-corrected chi connectivity index (χ4v) is 1.91. The topological polar surface area (TPSA) is 69.7 Å². The van der Waals surface area contributed by atoms with E-state index in [1.807, 2.05) is 0 Å². The van der Waals surface area contributed by atoms with Gasteiger partial charge in [0, 0.05) is 6.92 Å². The van der Waals surface area contributed by atoms with Crippen LogP contribution in [0.25, 0.3) is 0 Å². The number of para-hydroxylation sites is 2. The highest BCUT2D eigenvalue weighted by molar-refractivity contribution is 6.68. The van der Waals surface area contributed by atoms with E-state index in [1.54, 1.807) is 24.3 Å². The summed E-state index contributed by atoms with van der Waals surface area (Å²) in [4.78, 5) is 34.6. The van der Waals surface area contributed by atoms with Crippen molar-refractivity contribution in [1.29, 1.82) is 0 Å². The Morgan fingerprint density at radius 3 is 1.86 bits per heavy atom. The van der Waals surface area contributed by atoms with Crippen LogP contribution in [0.1, 0.15) is 27.6 Å². The minimum atomic E-state index is -0.762. The molecule has 0 N–H and O–H groups in total. The monoisotopic (exact) mass is 318 g/mol. The molecule has 6 heteroatoms. The van der Waals surface area contributed by atoms with Crippen LogP contribution in [0.4, 0.5) is 0 Å². The predicted molar refractivity (Wildman–Crippen MR) is 79.3 cm³/mol. The fourth-order valence-electron chi connectivity index (χ4n) is 1.75. The molecule has 0 radical (unpaired) electrons. The molecule has 0 fully saturated rings. The van der Waals surface area contributed by atoms with Crippen LogP contribution in [-0.4, -0.2) is 17.2 Å². The van der Waals surface area contributed by atoms with Gasteiger partial charge in [-0.05, 0) is 35.9 Å². The lowest BCUT2D eigenvalue weighted by atomic mass is 10.2. The molecule has 112 valence electrons. The van der Waals surface area contributed by atoms with Gasteiger partial charge in [-0.2, -0.15) is 0 Å². The zero-order valence-corrected chi connectivity index (χ0v) is 12.3. The first-order valence-electron chi connectivity index (χ1n) is 6.27. The summed E-state index contributed by atoms with van der Waals surface area (Å²) in [6, 6.07) is 12.2. The third kappa shape index (κ3) is 3.71. The summed E-state index contributed by atoms with van der Waals surface area (Å²) in [6.07, 6.45) is 0. The number of hydrogen-bond acceptors (Lipinski definition) is 5. The molecule has 0 bridgehead atoms. The summed E-state index contributed by atoms with van der Waals surface area (Å²) in [5.41, 5.74) is 0.136. The van der Waals surface area contributed by atoms with Gasteiger partial charge >= 0.3 is 11.9 Å². The van der Waals surface area contributed by atoms with E-state index in [0.717, 1.165) is 0 Å². The van der Waals surface area contributed by atoms with Crippen LogP contribution in [0, 0.1) is 0 Å². The zero-order chi connectivity index (χ0) is 16.1. The van der Waals surface area contributed by atoms with E-state index in [1.165, 1.54) is 31.2 Å².